The summed E-state index contributed by atoms with van der Waals surface area (Å²) in [6, 6.07) is 4.77. The third kappa shape index (κ3) is 3.24. The fourth-order valence-corrected chi connectivity index (χ4v) is 3.56. The Kier molecular flexibility index (Phi) is 4.06. The smallest absolute Gasteiger partial charge is 0.371 e. The van der Waals surface area contributed by atoms with Crippen molar-refractivity contribution in [3.05, 3.63) is 46.1 Å². The van der Waals surface area contributed by atoms with Gasteiger partial charge in [-0.25, -0.2) is 17.6 Å². The van der Waals surface area contributed by atoms with E-state index in [9.17, 15) is 17.6 Å². The number of benzene rings is 1. The Morgan fingerprint density at radius 2 is 2.05 bits per heavy atom. The summed E-state index contributed by atoms with van der Waals surface area (Å²) in [5.41, 5.74) is 0.423. The van der Waals surface area contributed by atoms with Crippen molar-refractivity contribution in [2.75, 3.05) is 4.72 Å². The molecule has 0 aliphatic heterocycles. The van der Waals surface area contributed by atoms with Crippen molar-refractivity contribution >= 4 is 37.6 Å². The van der Waals surface area contributed by atoms with E-state index in [1.807, 2.05) is 0 Å². The molecule has 0 saturated carbocycles. The third-order valence-corrected chi connectivity index (χ3v) is 4.74. The molecule has 1 aromatic heterocycles. The average molecular weight is 378 g/mol. The molecule has 0 bridgehead atoms. The van der Waals surface area contributed by atoms with Crippen LogP contribution in [0.1, 0.15) is 16.1 Å². The van der Waals surface area contributed by atoms with Crippen molar-refractivity contribution in [2.45, 2.75) is 11.8 Å². The van der Waals surface area contributed by atoms with E-state index in [-0.39, 0.29) is 10.4 Å². The summed E-state index contributed by atoms with van der Waals surface area (Å²) >= 11 is 2.82. The van der Waals surface area contributed by atoms with Crippen LogP contribution in [0, 0.1) is 12.7 Å². The Morgan fingerprint density at radius 3 is 2.62 bits per heavy atom. The number of carbonyl (C=O) groups is 1. The highest BCUT2D eigenvalue weighted by Gasteiger charge is 2.25. The molecule has 112 valence electrons. The molecular formula is C12H9BrFNO5S. The van der Waals surface area contributed by atoms with Crippen LogP contribution in [0.2, 0.25) is 0 Å². The van der Waals surface area contributed by atoms with Gasteiger partial charge >= 0.3 is 5.97 Å². The summed E-state index contributed by atoms with van der Waals surface area (Å²) in [6.45, 7) is 1.67. The number of carboxylic acids is 1. The van der Waals surface area contributed by atoms with Crippen LogP contribution < -0.4 is 4.72 Å². The van der Waals surface area contributed by atoms with Gasteiger partial charge in [0.1, 0.15) is 10.7 Å². The predicted molar refractivity (Wildman–Crippen MR) is 75.3 cm³/mol. The molecule has 9 heteroatoms. The molecule has 0 amide bonds. The Balaban J connectivity index is 2.43. The summed E-state index contributed by atoms with van der Waals surface area (Å²) in [5, 5.41) is 8.77. The normalized spacial score (nSPS) is 11.4. The lowest BCUT2D eigenvalue weighted by molar-refractivity contribution is 0.0661. The molecule has 0 aliphatic carbocycles. The number of anilines is 1. The van der Waals surface area contributed by atoms with Gasteiger partial charge in [-0.1, -0.05) is 6.07 Å². The lowest BCUT2D eigenvalue weighted by Crippen LogP contribution is -2.14. The Labute approximate surface area is 127 Å². The minimum absolute atomic E-state index is 0.236. The first-order chi connectivity index (χ1) is 9.70. The number of nitrogens with one attached hydrogen (secondary N) is 1. The van der Waals surface area contributed by atoms with Gasteiger partial charge in [0, 0.05) is 6.07 Å². The highest BCUT2D eigenvalue weighted by molar-refractivity contribution is 9.10. The monoisotopic (exact) mass is 377 g/mol. The summed E-state index contributed by atoms with van der Waals surface area (Å²) in [6.07, 6.45) is 0. The average Bonchev–Trinajstić information content (AvgIpc) is 2.77. The molecule has 1 heterocycles. The lowest BCUT2D eigenvalue weighted by atomic mass is 10.2. The Morgan fingerprint density at radius 1 is 1.38 bits per heavy atom. The molecule has 0 unspecified atom stereocenters. The molecule has 2 N–H and O–H groups in total. The van der Waals surface area contributed by atoms with Crippen molar-refractivity contribution in [1.82, 2.24) is 0 Å². The van der Waals surface area contributed by atoms with Gasteiger partial charge in [-0.2, -0.15) is 0 Å². The van der Waals surface area contributed by atoms with Crippen LogP contribution in [0.15, 0.2) is 38.2 Å². The van der Waals surface area contributed by atoms with E-state index < -0.39 is 32.5 Å². The van der Waals surface area contributed by atoms with Crippen molar-refractivity contribution in [1.29, 1.82) is 0 Å². The molecule has 0 saturated heterocycles. The second kappa shape index (κ2) is 5.49. The van der Waals surface area contributed by atoms with E-state index in [2.05, 4.69) is 20.7 Å². The van der Waals surface area contributed by atoms with Crippen LogP contribution >= 0.6 is 15.9 Å². The first-order valence-corrected chi connectivity index (χ1v) is 7.80. The van der Waals surface area contributed by atoms with E-state index >= 15 is 0 Å². The van der Waals surface area contributed by atoms with E-state index in [4.69, 9.17) is 9.52 Å². The molecule has 21 heavy (non-hydrogen) atoms. The predicted octanol–water partition coefficient (Wildman–Crippen LogP) is 2.99. The van der Waals surface area contributed by atoms with E-state index in [0.717, 1.165) is 12.1 Å². The maximum atomic E-state index is 13.6. The van der Waals surface area contributed by atoms with E-state index in [1.54, 1.807) is 6.92 Å². The number of sulfonamides is 1. The topological polar surface area (TPSA) is 96.6 Å². The lowest BCUT2D eigenvalue weighted by Gasteiger charge is -2.08. The second-order valence-corrected chi connectivity index (χ2v) is 6.51. The number of rotatable bonds is 4. The number of furan rings is 1. The molecule has 0 radical (unpaired) electrons. The van der Waals surface area contributed by atoms with Crippen LogP contribution in [0.4, 0.5) is 10.1 Å². The highest BCUT2D eigenvalue weighted by Crippen LogP contribution is 2.28. The van der Waals surface area contributed by atoms with Gasteiger partial charge in [-0.3, -0.25) is 4.72 Å². The van der Waals surface area contributed by atoms with E-state index in [0.29, 0.717) is 5.56 Å². The molecule has 0 spiro atoms. The fraction of sp³-hybridized carbons (Fsp3) is 0.0833. The van der Waals surface area contributed by atoms with Crippen LogP contribution in [0.25, 0.3) is 0 Å². The first-order valence-electron chi connectivity index (χ1n) is 5.52. The first kappa shape index (κ1) is 15.5. The summed E-state index contributed by atoms with van der Waals surface area (Å²) in [4.78, 5) is 10.3. The third-order valence-electron chi connectivity index (χ3n) is 2.52. The van der Waals surface area contributed by atoms with Gasteiger partial charge < -0.3 is 9.52 Å². The summed E-state index contributed by atoms with van der Waals surface area (Å²) in [5.74, 6) is -2.71. The summed E-state index contributed by atoms with van der Waals surface area (Å²) < 4.78 is 44.4. The zero-order valence-electron chi connectivity index (χ0n) is 10.6. The van der Waals surface area contributed by atoms with Crippen molar-refractivity contribution in [3.8, 4) is 0 Å². The van der Waals surface area contributed by atoms with Crippen molar-refractivity contribution < 1.29 is 27.1 Å². The number of halogens is 2. The molecule has 2 rings (SSSR count). The van der Waals surface area contributed by atoms with Crippen LogP contribution in [-0.2, 0) is 10.0 Å². The van der Waals surface area contributed by atoms with E-state index in [1.165, 1.54) is 12.1 Å². The zero-order valence-corrected chi connectivity index (χ0v) is 13.0. The standard InChI is InChI=1S/C12H9BrFNO5S/c1-6-2-3-7(14)8(4-6)15-21(18,19)10-5-9(12(16)17)20-11(10)13/h2-5,15H,1H3,(H,16,17). The largest absolute Gasteiger partial charge is 0.475 e. The van der Waals surface area contributed by atoms with Crippen molar-refractivity contribution in [2.24, 2.45) is 0 Å². The minimum atomic E-state index is -4.19. The Hall–Kier alpha value is -1.87. The molecule has 0 atom stereocenters. The van der Waals surface area contributed by atoms with Gasteiger partial charge in [0.15, 0.2) is 4.67 Å². The molecule has 0 aliphatic rings. The van der Waals surface area contributed by atoms with Gasteiger partial charge in [-0.15, -0.1) is 0 Å². The molecule has 2 aromatic rings. The number of carboxylic acid groups (broad SMARTS) is 1. The van der Waals surface area contributed by atoms with Crippen LogP contribution in [0.3, 0.4) is 0 Å². The molecule has 6 nitrogen and oxygen atoms in total. The van der Waals surface area contributed by atoms with Crippen LogP contribution in [-0.4, -0.2) is 19.5 Å². The van der Waals surface area contributed by atoms with Crippen molar-refractivity contribution in [3.63, 3.8) is 0 Å². The maximum Gasteiger partial charge on any atom is 0.371 e. The zero-order chi connectivity index (χ0) is 15.8. The summed E-state index contributed by atoms with van der Waals surface area (Å²) in [7, 11) is -4.19. The second-order valence-electron chi connectivity index (χ2n) is 4.14. The number of hydrogen-bond donors (Lipinski definition) is 2. The molecule has 0 fully saturated rings. The highest BCUT2D eigenvalue weighted by atomic mass is 79.9. The SMILES string of the molecule is Cc1ccc(F)c(NS(=O)(=O)c2cc(C(=O)O)oc2Br)c1. The number of aryl methyl sites for hydroxylation is 1. The van der Waals surface area contributed by atoms with Gasteiger partial charge in [-0.05, 0) is 40.5 Å². The molecular weight excluding hydrogens is 369 g/mol. The Bertz CT molecular complexity index is 815. The van der Waals surface area contributed by atoms with Gasteiger partial charge in [0.2, 0.25) is 5.76 Å². The molecule has 1 aromatic carbocycles. The van der Waals surface area contributed by atoms with Crippen LogP contribution in [0.5, 0.6) is 0 Å². The quantitative estimate of drug-likeness (QED) is 0.853. The number of aromatic carboxylic acids is 1. The van der Waals surface area contributed by atoms with Gasteiger partial charge in [0.25, 0.3) is 10.0 Å². The van der Waals surface area contributed by atoms with Gasteiger partial charge in [0.05, 0.1) is 5.69 Å². The fourth-order valence-electron chi connectivity index (χ4n) is 1.56. The number of hydrogen-bond acceptors (Lipinski definition) is 4. The minimum Gasteiger partial charge on any atom is -0.475 e. The maximum absolute atomic E-state index is 13.6.